The number of piperazine rings is 1. The van der Waals surface area contributed by atoms with Crippen molar-refractivity contribution >= 4 is 16.7 Å². The Morgan fingerprint density at radius 2 is 2.12 bits per heavy atom. The van der Waals surface area contributed by atoms with Gasteiger partial charge in [0.25, 0.3) is 0 Å². The number of benzene rings is 1. The van der Waals surface area contributed by atoms with Crippen LogP contribution in [0.4, 0.5) is 5.82 Å². The van der Waals surface area contributed by atoms with E-state index >= 15 is 0 Å². The number of hydrogen-bond donors (Lipinski definition) is 2. The van der Waals surface area contributed by atoms with Crippen molar-refractivity contribution in [1.29, 1.82) is 0 Å². The van der Waals surface area contributed by atoms with E-state index in [-0.39, 0.29) is 0 Å². The highest BCUT2D eigenvalue weighted by Crippen LogP contribution is 2.19. The van der Waals surface area contributed by atoms with Crippen LogP contribution in [-0.4, -0.2) is 36.0 Å². The number of aliphatic hydroxyl groups excluding tert-OH is 1. The number of fused-ring (bicyclic) bond motifs is 1. The van der Waals surface area contributed by atoms with Crippen LogP contribution in [0.2, 0.25) is 0 Å². The van der Waals surface area contributed by atoms with E-state index < -0.39 is 6.23 Å². The van der Waals surface area contributed by atoms with Crippen LogP contribution in [0.15, 0.2) is 36.4 Å². The Bertz CT molecular complexity index is 529. The van der Waals surface area contributed by atoms with Crippen molar-refractivity contribution in [3.05, 3.63) is 36.4 Å². The minimum atomic E-state index is -0.489. The molecule has 4 nitrogen and oxygen atoms in total. The van der Waals surface area contributed by atoms with Gasteiger partial charge in [0.1, 0.15) is 12.0 Å². The molecule has 0 spiro atoms. The lowest BCUT2D eigenvalue weighted by atomic mass is 10.2. The molecular weight excluding hydrogens is 214 g/mol. The van der Waals surface area contributed by atoms with Gasteiger partial charge in [0, 0.05) is 25.0 Å². The second-order valence-corrected chi connectivity index (χ2v) is 4.24. The number of aromatic nitrogens is 1. The van der Waals surface area contributed by atoms with Gasteiger partial charge in [-0.15, -0.1) is 0 Å². The van der Waals surface area contributed by atoms with E-state index in [1.54, 1.807) is 0 Å². The largest absolute Gasteiger partial charge is 0.372 e. The van der Waals surface area contributed by atoms with Gasteiger partial charge in [0.05, 0.1) is 5.52 Å². The number of aliphatic hydroxyl groups is 1. The quantitative estimate of drug-likeness (QED) is 0.765. The van der Waals surface area contributed by atoms with Gasteiger partial charge in [-0.05, 0) is 18.2 Å². The Morgan fingerprint density at radius 1 is 1.24 bits per heavy atom. The summed E-state index contributed by atoms with van der Waals surface area (Å²) >= 11 is 0. The van der Waals surface area contributed by atoms with Gasteiger partial charge in [-0.3, -0.25) is 0 Å². The third-order valence-electron chi connectivity index (χ3n) is 3.09. The monoisotopic (exact) mass is 229 g/mol. The van der Waals surface area contributed by atoms with Crippen LogP contribution in [0.5, 0.6) is 0 Å². The standard InChI is InChI=1S/C13H15N3O/c17-13-9-14-7-8-16(13)12-6-5-10-3-1-2-4-11(10)15-12/h1-6,13-14,17H,7-9H2. The van der Waals surface area contributed by atoms with Crippen LogP contribution < -0.4 is 10.2 Å². The molecule has 1 unspecified atom stereocenters. The molecule has 0 radical (unpaired) electrons. The van der Waals surface area contributed by atoms with Crippen molar-refractivity contribution in [3.8, 4) is 0 Å². The average Bonchev–Trinajstić information content (AvgIpc) is 2.39. The normalized spacial score (nSPS) is 20.8. The Morgan fingerprint density at radius 3 is 3.00 bits per heavy atom. The summed E-state index contributed by atoms with van der Waals surface area (Å²) in [5.41, 5.74) is 0.968. The highest BCUT2D eigenvalue weighted by atomic mass is 16.3. The van der Waals surface area contributed by atoms with Crippen molar-refractivity contribution in [2.45, 2.75) is 6.23 Å². The van der Waals surface area contributed by atoms with Gasteiger partial charge >= 0.3 is 0 Å². The molecule has 4 heteroatoms. The molecule has 1 aliphatic rings. The van der Waals surface area contributed by atoms with Crippen LogP contribution in [0.3, 0.4) is 0 Å². The molecule has 0 amide bonds. The lowest BCUT2D eigenvalue weighted by molar-refractivity contribution is 0.151. The number of rotatable bonds is 1. The molecule has 1 aliphatic heterocycles. The number of hydrogen-bond acceptors (Lipinski definition) is 4. The summed E-state index contributed by atoms with van der Waals surface area (Å²) in [6.45, 7) is 2.26. The SMILES string of the molecule is OC1CNCCN1c1ccc2ccccc2n1. The van der Waals surface area contributed by atoms with E-state index in [0.717, 1.165) is 29.8 Å². The predicted octanol–water partition coefficient (Wildman–Crippen LogP) is 0.963. The van der Waals surface area contributed by atoms with Gasteiger partial charge in [-0.2, -0.15) is 0 Å². The van der Waals surface area contributed by atoms with Crippen LogP contribution in [0.1, 0.15) is 0 Å². The lowest BCUT2D eigenvalue weighted by Gasteiger charge is -2.33. The average molecular weight is 229 g/mol. The van der Waals surface area contributed by atoms with Crippen molar-refractivity contribution in [1.82, 2.24) is 10.3 Å². The first-order valence-corrected chi connectivity index (χ1v) is 5.86. The molecule has 17 heavy (non-hydrogen) atoms. The summed E-state index contributed by atoms with van der Waals surface area (Å²) in [4.78, 5) is 6.52. The maximum Gasteiger partial charge on any atom is 0.140 e. The molecule has 0 saturated carbocycles. The summed E-state index contributed by atoms with van der Waals surface area (Å²) in [6, 6.07) is 12.0. The highest BCUT2D eigenvalue weighted by Gasteiger charge is 2.20. The maximum atomic E-state index is 9.92. The zero-order valence-corrected chi connectivity index (χ0v) is 9.50. The molecule has 2 heterocycles. The summed E-state index contributed by atoms with van der Waals surface area (Å²) < 4.78 is 0. The van der Waals surface area contributed by atoms with Crippen molar-refractivity contribution in [2.75, 3.05) is 24.5 Å². The van der Waals surface area contributed by atoms with E-state index in [2.05, 4.69) is 10.3 Å². The summed E-state index contributed by atoms with van der Waals surface area (Å²) in [6.07, 6.45) is -0.489. The molecule has 88 valence electrons. The maximum absolute atomic E-state index is 9.92. The smallest absolute Gasteiger partial charge is 0.140 e. The molecule has 1 fully saturated rings. The van der Waals surface area contributed by atoms with E-state index in [4.69, 9.17) is 0 Å². The highest BCUT2D eigenvalue weighted by molar-refractivity contribution is 5.80. The van der Waals surface area contributed by atoms with E-state index in [0.29, 0.717) is 6.54 Å². The molecule has 3 rings (SSSR count). The fraction of sp³-hybridized carbons (Fsp3) is 0.308. The molecule has 1 aromatic heterocycles. The topological polar surface area (TPSA) is 48.4 Å². The zero-order valence-electron chi connectivity index (χ0n) is 9.50. The third-order valence-corrected chi connectivity index (χ3v) is 3.09. The summed E-state index contributed by atoms with van der Waals surface area (Å²) in [7, 11) is 0. The first-order valence-electron chi connectivity index (χ1n) is 5.86. The van der Waals surface area contributed by atoms with Crippen LogP contribution in [-0.2, 0) is 0 Å². The van der Waals surface area contributed by atoms with Crippen LogP contribution in [0.25, 0.3) is 10.9 Å². The van der Waals surface area contributed by atoms with Gasteiger partial charge in [-0.25, -0.2) is 4.98 Å². The van der Waals surface area contributed by atoms with E-state index in [1.165, 1.54) is 0 Å². The second kappa shape index (κ2) is 4.31. The summed E-state index contributed by atoms with van der Waals surface area (Å²) in [5.74, 6) is 0.845. The van der Waals surface area contributed by atoms with Crippen molar-refractivity contribution in [2.24, 2.45) is 0 Å². The Balaban J connectivity index is 1.99. The Kier molecular flexibility index (Phi) is 2.66. The van der Waals surface area contributed by atoms with Gasteiger partial charge in [-0.1, -0.05) is 18.2 Å². The van der Waals surface area contributed by atoms with E-state index in [1.807, 2.05) is 41.3 Å². The second-order valence-electron chi connectivity index (χ2n) is 4.24. The van der Waals surface area contributed by atoms with Crippen LogP contribution >= 0.6 is 0 Å². The van der Waals surface area contributed by atoms with Gasteiger partial charge < -0.3 is 15.3 Å². The van der Waals surface area contributed by atoms with Crippen molar-refractivity contribution < 1.29 is 5.11 Å². The Hall–Kier alpha value is -1.65. The van der Waals surface area contributed by atoms with E-state index in [9.17, 15) is 5.11 Å². The number of para-hydroxylation sites is 1. The van der Waals surface area contributed by atoms with Gasteiger partial charge in [0.2, 0.25) is 0 Å². The number of β-amino-alcohol motifs (C(OH)–C–C–N with tert-alkyl or cyclic N) is 1. The molecule has 1 aromatic carbocycles. The number of pyridine rings is 1. The molecular formula is C13H15N3O. The molecule has 1 saturated heterocycles. The third kappa shape index (κ3) is 1.97. The fourth-order valence-electron chi connectivity index (χ4n) is 2.17. The predicted molar refractivity (Wildman–Crippen MR) is 68.0 cm³/mol. The number of anilines is 1. The number of nitrogens with one attached hydrogen (secondary N) is 1. The van der Waals surface area contributed by atoms with Crippen molar-refractivity contribution in [3.63, 3.8) is 0 Å². The Labute approximate surface area is 99.9 Å². The van der Waals surface area contributed by atoms with Gasteiger partial charge in [0.15, 0.2) is 0 Å². The first-order chi connectivity index (χ1) is 8.34. The zero-order chi connectivity index (χ0) is 11.7. The molecule has 2 aromatic rings. The molecule has 0 aliphatic carbocycles. The minimum absolute atomic E-state index is 0.489. The lowest BCUT2D eigenvalue weighted by Crippen LogP contribution is -2.51. The molecule has 1 atom stereocenters. The molecule has 0 bridgehead atoms. The fourth-order valence-corrected chi connectivity index (χ4v) is 2.17. The minimum Gasteiger partial charge on any atom is -0.372 e. The van der Waals surface area contributed by atoms with Crippen LogP contribution in [0, 0.1) is 0 Å². The summed E-state index contributed by atoms with van der Waals surface area (Å²) in [5, 5.41) is 14.2. The molecule has 2 N–H and O–H groups in total. The first kappa shape index (κ1) is 10.5. The number of nitrogens with zero attached hydrogens (tertiary/aromatic N) is 2.